The Kier molecular flexibility index (Phi) is 9.97. The molecule has 0 atom stereocenters. The summed E-state index contributed by atoms with van der Waals surface area (Å²) >= 11 is 1.49. The van der Waals surface area contributed by atoms with E-state index in [9.17, 15) is 14.0 Å². The molecule has 0 unspecified atom stereocenters. The third-order valence-electron chi connectivity index (χ3n) is 6.29. The first kappa shape index (κ1) is 28.2. The van der Waals surface area contributed by atoms with E-state index in [1.54, 1.807) is 38.5 Å². The third-order valence-corrected chi connectivity index (χ3v) is 7.32. The standard InChI is InChI=1S/C30H32FN3O4S/c1-37-26-16-11-21(20-27(26)38-2)17-18-32-28(35)10-4-3-7-19-39-30-33-25-9-6-5-8-24(25)29(36)34(30)23-14-12-22(31)13-15-23/h5-6,8-9,11-16,20H,3-4,7,10,17-19H2,1-2H3,(H,32,35). The normalized spacial score (nSPS) is 10.9. The predicted molar refractivity (Wildman–Crippen MR) is 153 cm³/mol. The van der Waals surface area contributed by atoms with Gasteiger partial charge in [0.15, 0.2) is 16.7 Å². The minimum atomic E-state index is -0.361. The van der Waals surface area contributed by atoms with E-state index in [-0.39, 0.29) is 17.3 Å². The summed E-state index contributed by atoms with van der Waals surface area (Å²) in [5, 5.41) is 4.06. The zero-order valence-corrected chi connectivity index (χ0v) is 22.9. The van der Waals surface area contributed by atoms with Crippen molar-refractivity contribution in [2.75, 3.05) is 26.5 Å². The number of aromatic nitrogens is 2. The molecule has 4 aromatic rings. The molecule has 0 aliphatic carbocycles. The molecule has 39 heavy (non-hydrogen) atoms. The van der Waals surface area contributed by atoms with Gasteiger partial charge < -0.3 is 14.8 Å². The van der Waals surface area contributed by atoms with Crippen molar-refractivity contribution in [2.24, 2.45) is 0 Å². The van der Waals surface area contributed by atoms with Gasteiger partial charge in [0.2, 0.25) is 5.91 Å². The molecule has 0 spiro atoms. The van der Waals surface area contributed by atoms with Crippen molar-refractivity contribution in [3.05, 3.63) is 88.5 Å². The topological polar surface area (TPSA) is 82.5 Å². The molecule has 204 valence electrons. The number of hydrogen-bond donors (Lipinski definition) is 1. The molecule has 0 radical (unpaired) electrons. The van der Waals surface area contributed by atoms with Crippen molar-refractivity contribution in [1.29, 1.82) is 0 Å². The number of ether oxygens (including phenoxy) is 2. The van der Waals surface area contributed by atoms with Gasteiger partial charge in [0.05, 0.1) is 30.8 Å². The van der Waals surface area contributed by atoms with E-state index in [0.29, 0.717) is 52.6 Å². The lowest BCUT2D eigenvalue weighted by molar-refractivity contribution is -0.121. The van der Waals surface area contributed by atoms with E-state index < -0.39 is 0 Å². The van der Waals surface area contributed by atoms with Crippen molar-refractivity contribution >= 4 is 28.6 Å². The second kappa shape index (κ2) is 13.8. The zero-order chi connectivity index (χ0) is 27.6. The summed E-state index contributed by atoms with van der Waals surface area (Å²) in [4.78, 5) is 30.2. The summed E-state index contributed by atoms with van der Waals surface area (Å²) < 4.78 is 25.6. The number of nitrogens with zero attached hydrogens (tertiary/aromatic N) is 2. The smallest absolute Gasteiger partial charge is 0.266 e. The largest absolute Gasteiger partial charge is 0.493 e. The van der Waals surface area contributed by atoms with E-state index >= 15 is 0 Å². The molecular weight excluding hydrogens is 517 g/mol. The molecule has 1 heterocycles. The van der Waals surface area contributed by atoms with Crippen LogP contribution in [0.1, 0.15) is 31.2 Å². The highest BCUT2D eigenvalue weighted by molar-refractivity contribution is 7.99. The van der Waals surface area contributed by atoms with Gasteiger partial charge in [-0.2, -0.15) is 0 Å². The minimum absolute atomic E-state index is 0.0319. The molecule has 1 N–H and O–H groups in total. The summed E-state index contributed by atoms with van der Waals surface area (Å²) in [5.74, 6) is 1.77. The molecule has 7 nitrogen and oxygen atoms in total. The summed E-state index contributed by atoms with van der Waals surface area (Å²) in [5.41, 5.74) is 2.09. The fourth-order valence-electron chi connectivity index (χ4n) is 4.23. The third kappa shape index (κ3) is 7.38. The van der Waals surface area contributed by atoms with Gasteiger partial charge in [-0.1, -0.05) is 36.4 Å². The number of thioether (sulfide) groups is 1. The van der Waals surface area contributed by atoms with Crippen LogP contribution >= 0.6 is 11.8 Å². The second-order valence-corrected chi connectivity index (χ2v) is 10.0. The van der Waals surface area contributed by atoms with Crippen molar-refractivity contribution in [3.63, 3.8) is 0 Å². The fourth-order valence-corrected chi connectivity index (χ4v) is 5.24. The van der Waals surface area contributed by atoms with Gasteiger partial charge in [0, 0.05) is 18.7 Å². The van der Waals surface area contributed by atoms with Crippen LogP contribution in [-0.4, -0.2) is 42.0 Å². The maximum atomic E-state index is 13.5. The number of unbranched alkanes of at least 4 members (excludes halogenated alkanes) is 2. The maximum Gasteiger partial charge on any atom is 0.266 e. The number of amides is 1. The number of benzene rings is 3. The summed E-state index contributed by atoms with van der Waals surface area (Å²) in [6.07, 6.45) is 3.70. The Balaban J connectivity index is 1.25. The Morgan fingerprint density at radius 1 is 0.974 bits per heavy atom. The Labute approximate surface area is 231 Å². The van der Waals surface area contributed by atoms with E-state index in [2.05, 4.69) is 5.32 Å². The highest BCUT2D eigenvalue weighted by Crippen LogP contribution is 2.27. The molecule has 0 bridgehead atoms. The number of para-hydroxylation sites is 1. The van der Waals surface area contributed by atoms with Gasteiger partial charge in [-0.05, 0) is 73.4 Å². The number of halogens is 1. The molecule has 9 heteroatoms. The number of fused-ring (bicyclic) bond motifs is 1. The number of carbonyl (C=O) groups is 1. The van der Waals surface area contributed by atoms with Crippen LogP contribution in [0.3, 0.4) is 0 Å². The van der Waals surface area contributed by atoms with Gasteiger partial charge >= 0.3 is 0 Å². The van der Waals surface area contributed by atoms with E-state index in [1.165, 1.54) is 28.5 Å². The van der Waals surface area contributed by atoms with Crippen LogP contribution in [-0.2, 0) is 11.2 Å². The minimum Gasteiger partial charge on any atom is -0.493 e. The number of nitrogens with one attached hydrogen (secondary N) is 1. The molecule has 0 aliphatic rings. The van der Waals surface area contributed by atoms with Crippen LogP contribution in [0.15, 0.2) is 76.7 Å². The first-order chi connectivity index (χ1) is 19.0. The van der Waals surface area contributed by atoms with Gasteiger partial charge in [0.25, 0.3) is 5.56 Å². The molecule has 3 aromatic carbocycles. The lowest BCUT2D eigenvalue weighted by atomic mass is 10.1. The van der Waals surface area contributed by atoms with Crippen LogP contribution < -0.4 is 20.3 Å². The highest BCUT2D eigenvalue weighted by atomic mass is 32.2. The van der Waals surface area contributed by atoms with Crippen LogP contribution in [0, 0.1) is 5.82 Å². The summed E-state index contributed by atoms with van der Waals surface area (Å²) in [6.45, 7) is 0.554. The van der Waals surface area contributed by atoms with Crippen molar-refractivity contribution < 1.29 is 18.7 Å². The first-order valence-electron chi connectivity index (χ1n) is 12.9. The van der Waals surface area contributed by atoms with Crippen molar-refractivity contribution in [2.45, 2.75) is 37.3 Å². The average Bonchev–Trinajstić information content (AvgIpc) is 2.95. The lowest BCUT2D eigenvalue weighted by Crippen LogP contribution is -2.25. The summed E-state index contributed by atoms with van der Waals surface area (Å²) in [7, 11) is 3.20. The number of methoxy groups -OCH3 is 2. The molecule has 1 amide bonds. The Hall–Kier alpha value is -3.85. The Morgan fingerprint density at radius 3 is 2.51 bits per heavy atom. The first-order valence-corrected chi connectivity index (χ1v) is 13.9. The van der Waals surface area contributed by atoms with Crippen LogP contribution in [0.5, 0.6) is 11.5 Å². The molecule has 0 fully saturated rings. The highest BCUT2D eigenvalue weighted by Gasteiger charge is 2.13. The predicted octanol–water partition coefficient (Wildman–Crippen LogP) is 5.55. The van der Waals surface area contributed by atoms with Gasteiger partial charge in [0.1, 0.15) is 5.82 Å². The van der Waals surface area contributed by atoms with E-state index in [0.717, 1.165) is 30.6 Å². The van der Waals surface area contributed by atoms with Crippen LogP contribution in [0.2, 0.25) is 0 Å². The fraction of sp³-hybridized carbons (Fsp3) is 0.300. The zero-order valence-electron chi connectivity index (χ0n) is 22.1. The SMILES string of the molecule is COc1ccc(CCNC(=O)CCCCCSc2nc3ccccc3c(=O)n2-c2ccc(F)cc2)cc1OC. The molecule has 4 rings (SSSR count). The Bertz CT molecular complexity index is 1470. The molecule has 0 saturated heterocycles. The molecular formula is C30H32FN3O4S. The quantitative estimate of drug-likeness (QED) is 0.134. The second-order valence-electron chi connectivity index (χ2n) is 8.98. The van der Waals surface area contributed by atoms with Crippen molar-refractivity contribution in [1.82, 2.24) is 14.9 Å². The van der Waals surface area contributed by atoms with Gasteiger partial charge in [-0.3, -0.25) is 14.2 Å². The molecule has 0 aliphatic heterocycles. The van der Waals surface area contributed by atoms with Gasteiger partial charge in [-0.15, -0.1) is 0 Å². The number of hydrogen-bond acceptors (Lipinski definition) is 6. The van der Waals surface area contributed by atoms with Crippen LogP contribution in [0.4, 0.5) is 4.39 Å². The van der Waals surface area contributed by atoms with E-state index in [4.69, 9.17) is 14.5 Å². The Morgan fingerprint density at radius 2 is 1.74 bits per heavy atom. The maximum absolute atomic E-state index is 13.5. The van der Waals surface area contributed by atoms with E-state index in [1.807, 2.05) is 30.3 Å². The van der Waals surface area contributed by atoms with Gasteiger partial charge in [-0.25, -0.2) is 9.37 Å². The molecule has 0 saturated carbocycles. The summed E-state index contributed by atoms with van der Waals surface area (Å²) in [6, 6.07) is 18.8. The number of rotatable bonds is 13. The molecule has 1 aromatic heterocycles. The number of carbonyl (C=O) groups excluding carboxylic acids is 1. The monoisotopic (exact) mass is 549 g/mol. The average molecular weight is 550 g/mol. The van der Waals surface area contributed by atoms with Crippen molar-refractivity contribution in [3.8, 4) is 17.2 Å². The van der Waals surface area contributed by atoms with Crippen LogP contribution in [0.25, 0.3) is 16.6 Å². The lowest BCUT2D eigenvalue weighted by Gasteiger charge is -2.13.